The molecule has 4 heteroatoms. The Labute approximate surface area is 78.6 Å². The van der Waals surface area contributed by atoms with Crippen LogP contribution < -0.4 is 5.32 Å². The van der Waals surface area contributed by atoms with Crippen molar-refractivity contribution in [2.45, 2.75) is 26.0 Å². The van der Waals surface area contributed by atoms with Gasteiger partial charge in [0.15, 0.2) is 0 Å². The molecule has 0 aromatic rings. The molecule has 1 atom stereocenters. The Morgan fingerprint density at radius 2 is 2.08 bits per heavy atom. The van der Waals surface area contributed by atoms with Gasteiger partial charge in [0.05, 0.1) is 12.7 Å². The summed E-state index contributed by atoms with van der Waals surface area (Å²) in [5, 5.41) is 20.7. The van der Waals surface area contributed by atoms with Crippen LogP contribution in [-0.4, -0.2) is 47.0 Å². The average molecular weight is 193 g/mol. The first kappa shape index (κ1) is 12.2. The maximum Gasteiger partial charge on any atom is 0.0861 e. The summed E-state index contributed by atoms with van der Waals surface area (Å²) in [4.78, 5) is 0. The fraction of sp³-hybridized carbons (Fsp3) is 1.00. The van der Waals surface area contributed by atoms with Crippen LogP contribution in [-0.2, 0) is 0 Å². The van der Waals surface area contributed by atoms with Crippen molar-refractivity contribution in [3.05, 3.63) is 0 Å². The van der Waals surface area contributed by atoms with Gasteiger partial charge in [-0.3, -0.25) is 0 Å². The van der Waals surface area contributed by atoms with E-state index in [9.17, 15) is 0 Å². The first-order valence-corrected chi connectivity index (χ1v) is 5.42. The molecule has 0 aliphatic carbocycles. The van der Waals surface area contributed by atoms with Crippen LogP contribution >= 0.6 is 11.8 Å². The number of thioether (sulfide) groups is 1. The maximum absolute atomic E-state index is 8.98. The van der Waals surface area contributed by atoms with E-state index in [2.05, 4.69) is 19.2 Å². The molecule has 3 nitrogen and oxygen atoms in total. The van der Waals surface area contributed by atoms with E-state index in [1.807, 2.05) is 0 Å². The zero-order valence-corrected chi connectivity index (χ0v) is 8.60. The van der Waals surface area contributed by atoms with Crippen molar-refractivity contribution >= 4 is 11.8 Å². The predicted octanol–water partition coefficient (Wildman–Crippen LogP) is 0.0708. The van der Waals surface area contributed by atoms with Crippen LogP contribution in [0.4, 0.5) is 0 Å². The second kappa shape index (κ2) is 7.86. The lowest BCUT2D eigenvalue weighted by Crippen LogP contribution is -2.25. The molecule has 12 heavy (non-hydrogen) atoms. The molecule has 74 valence electrons. The third kappa shape index (κ3) is 8.33. The highest BCUT2D eigenvalue weighted by Crippen LogP contribution is 2.01. The van der Waals surface area contributed by atoms with Gasteiger partial charge >= 0.3 is 0 Å². The molecule has 0 heterocycles. The smallest absolute Gasteiger partial charge is 0.0861 e. The van der Waals surface area contributed by atoms with E-state index < -0.39 is 6.10 Å². The first-order chi connectivity index (χ1) is 5.66. The van der Waals surface area contributed by atoms with E-state index in [1.165, 1.54) is 0 Å². The van der Waals surface area contributed by atoms with Gasteiger partial charge in [0, 0.05) is 24.1 Å². The Kier molecular flexibility index (Phi) is 8.01. The topological polar surface area (TPSA) is 52.5 Å². The molecule has 1 unspecified atom stereocenters. The molecule has 0 radical (unpaired) electrons. The minimum absolute atomic E-state index is 0.134. The molecule has 3 N–H and O–H groups in total. The number of hydrogen-bond donors (Lipinski definition) is 3. The minimum Gasteiger partial charge on any atom is -0.394 e. The van der Waals surface area contributed by atoms with Crippen molar-refractivity contribution in [1.82, 2.24) is 5.32 Å². The Hall–Kier alpha value is 0.230. The van der Waals surface area contributed by atoms with Crippen LogP contribution in [0.25, 0.3) is 0 Å². The van der Waals surface area contributed by atoms with Crippen molar-refractivity contribution in [2.24, 2.45) is 0 Å². The number of nitrogens with one attached hydrogen (secondary N) is 1. The monoisotopic (exact) mass is 193 g/mol. The molecule has 0 amide bonds. The van der Waals surface area contributed by atoms with Gasteiger partial charge in [0.25, 0.3) is 0 Å². The Bertz CT molecular complexity index is 101. The van der Waals surface area contributed by atoms with E-state index in [0.29, 0.717) is 11.8 Å². The highest BCUT2D eigenvalue weighted by Gasteiger charge is 2.00. The Morgan fingerprint density at radius 3 is 2.58 bits per heavy atom. The second-order valence-electron chi connectivity index (χ2n) is 3.02. The second-order valence-corrected chi connectivity index (χ2v) is 4.17. The standard InChI is InChI=1S/C8H19NO2S/c1-7(2)9-3-4-12-6-8(11)5-10/h7-11H,3-6H2,1-2H3. The van der Waals surface area contributed by atoms with Crippen molar-refractivity contribution in [1.29, 1.82) is 0 Å². The van der Waals surface area contributed by atoms with Crippen LogP contribution in [0.2, 0.25) is 0 Å². The third-order valence-electron chi connectivity index (χ3n) is 1.32. The zero-order chi connectivity index (χ0) is 9.40. The molecule has 0 spiro atoms. The van der Waals surface area contributed by atoms with Gasteiger partial charge in [-0.15, -0.1) is 0 Å². The van der Waals surface area contributed by atoms with E-state index in [1.54, 1.807) is 11.8 Å². The molecule has 0 aliphatic rings. The number of hydrogen-bond acceptors (Lipinski definition) is 4. The summed E-state index contributed by atoms with van der Waals surface area (Å²) >= 11 is 1.66. The van der Waals surface area contributed by atoms with E-state index >= 15 is 0 Å². The van der Waals surface area contributed by atoms with E-state index in [4.69, 9.17) is 10.2 Å². The predicted molar refractivity (Wildman–Crippen MR) is 53.6 cm³/mol. The van der Waals surface area contributed by atoms with Gasteiger partial charge in [0.2, 0.25) is 0 Å². The van der Waals surface area contributed by atoms with Gasteiger partial charge in [0.1, 0.15) is 0 Å². The fourth-order valence-electron chi connectivity index (χ4n) is 0.692. The number of aliphatic hydroxyl groups is 2. The van der Waals surface area contributed by atoms with Crippen LogP contribution in [0.1, 0.15) is 13.8 Å². The lowest BCUT2D eigenvalue weighted by atomic mass is 10.4. The lowest BCUT2D eigenvalue weighted by molar-refractivity contribution is 0.113. The first-order valence-electron chi connectivity index (χ1n) is 4.27. The Balaban J connectivity index is 3.00. The van der Waals surface area contributed by atoms with Gasteiger partial charge < -0.3 is 15.5 Å². The SMILES string of the molecule is CC(C)NCCSCC(O)CO. The fourth-order valence-corrected chi connectivity index (χ4v) is 1.50. The molecule has 0 rings (SSSR count). The van der Waals surface area contributed by atoms with Crippen LogP contribution in [0, 0.1) is 0 Å². The van der Waals surface area contributed by atoms with Gasteiger partial charge in [-0.1, -0.05) is 13.8 Å². The largest absolute Gasteiger partial charge is 0.394 e. The number of aliphatic hydroxyl groups excluding tert-OH is 2. The summed E-state index contributed by atoms with van der Waals surface area (Å²) in [6, 6.07) is 0.522. The van der Waals surface area contributed by atoms with Crippen molar-refractivity contribution < 1.29 is 10.2 Å². The normalized spacial score (nSPS) is 13.8. The summed E-state index contributed by atoms with van der Waals surface area (Å²) in [5.41, 5.74) is 0. The highest BCUT2D eigenvalue weighted by atomic mass is 32.2. The quantitative estimate of drug-likeness (QED) is 0.501. The molecule has 0 aromatic carbocycles. The van der Waals surface area contributed by atoms with Gasteiger partial charge in [-0.2, -0.15) is 11.8 Å². The van der Waals surface area contributed by atoms with Gasteiger partial charge in [-0.05, 0) is 0 Å². The van der Waals surface area contributed by atoms with Crippen molar-refractivity contribution in [2.75, 3.05) is 24.7 Å². The summed E-state index contributed by atoms with van der Waals surface area (Å²) in [5.74, 6) is 1.60. The maximum atomic E-state index is 8.98. The molecule has 0 fully saturated rings. The molecule has 0 bridgehead atoms. The molecule has 0 aromatic heterocycles. The van der Waals surface area contributed by atoms with E-state index in [-0.39, 0.29) is 6.61 Å². The Morgan fingerprint density at radius 1 is 1.42 bits per heavy atom. The van der Waals surface area contributed by atoms with E-state index in [0.717, 1.165) is 12.3 Å². The van der Waals surface area contributed by atoms with Crippen molar-refractivity contribution in [3.63, 3.8) is 0 Å². The van der Waals surface area contributed by atoms with Crippen molar-refractivity contribution in [3.8, 4) is 0 Å². The van der Waals surface area contributed by atoms with Crippen LogP contribution in [0.5, 0.6) is 0 Å². The summed E-state index contributed by atoms with van der Waals surface area (Å²) in [6.07, 6.45) is -0.561. The summed E-state index contributed by atoms with van der Waals surface area (Å²) in [6.45, 7) is 5.03. The molecule has 0 aliphatic heterocycles. The summed E-state index contributed by atoms with van der Waals surface area (Å²) in [7, 11) is 0. The third-order valence-corrected chi connectivity index (χ3v) is 2.43. The minimum atomic E-state index is -0.561. The molecular weight excluding hydrogens is 174 g/mol. The zero-order valence-electron chi connectivity index (χ0n) is 7.79. The molecular formula is C8H19NO2S. The number of rotatable bonds is 7. The molecule has 0 saturated carbocycles. The summed E-state index contributed by atoms with van der Waals surface area (Å²) < 4.78 is 0. The highest BCUT2D eigenvalue weighted by molar-refractivity contribution is 7.99. The lowest BCUT2D eigenvalue weighted by Gasteiger charge is -2.09. The van der Waals surface area contributed by atoms with Crippen LogP contribution in [0.15, 0.2) is 0 Å². The van der Waals surface area contributed by atoms with Gasteiger partial charge in [-0.25, -0.2) is 0 Å². The van der Waals surface area contributed by atoms with Crippen LogP contribution in [0.3, 0.4) is 0 Å². The average Bonchev–Trinajstić information content (AvgIpc) is 2.03. The molecule has 0 saturated heterocycles.